The number of carbonyl (C=O) groups excluding carboxylic acids is 1. The van der Waals surface area contributed by atoms with Crippen molar-refractivity contribution < 1.29 is 44.9 Å². The van der Waals surface area contributed by atoms with Crippen molar-refractivity contribution in [2.45, 2.75) is 56.0 Å². The van der Waals surface area contributed by atoms with Crippen LogP contribution in [0.15, 0.2) is 59.5 Å². The molecule has 0 bridgehead atoms. The lowest BCUT2D eigenvalue weighted by molar-refractivity contribution is -0.0907. The first kappa shape index (κ1) is 18.6. The van der Waals surface area contributed by atoms with Gasteiger partial charge in [0.15, 0.2) is 6.29 Å². The van der Waals surface area contributed by atoms with Crippen molar-refractivity contribution in [2.75, 3.05) is 32.0 Å². The van der Waals surface area contributed by atoms with Crippen molar-refractivity contribution in [3.05, 3.63) is 60.2 Å². The van der Waals surface area contributed by atoms with E-state index < -0.39 is 90.7 Å². The quantitative estimate of drug-likeness (QED) is 0.359. The number of nitrogen functional groups attached to an aromatic ring is 1. The number of fused-ring (bicyclic) bond motifs is 1. The lowest BCUT2D eigenvalue weighted by atomic mass is 10.0. The fraction of sp³-hybridized carbons (Fsp3) is 0.519. The fourth-order valence-corrected chi connectivity index (χ4v) is 5.76. The number of sulfonamides is 1. The number of ether oxygens (including phenoxy) is 3. The number of carbonyl (C=O) groups is 1. The first-order valence-corrected chi connectivity index (χ1v) is 13.4. The van der Waals surface area contributed by atoms with E-state index in [0.717, 1.165) is 12.1 Å². The van der Waals surface area contributed by atoms with Crippen LogP contribution in [-0.4, -0.2) is 74.7 Å². The Hall–Kier alpha value is -2.70. The van der Waals surface area contributed by atoms with Crippen molar-refractivity contribution in [3.63, 3.8) is 0 Å². The zero-order valence-electron chi connectivity index (χ0n) is 29.4. The van der Waals surface area contributed by atoms with E-state index in [2.05, 4.69) is 5.32 Å². The molecule has 0 aliphatic carbocycles. The number of aliphatic hydroxyl groups excluding tert-OH is 1. The van der Waals surface area contributed by atoms with Crippen LogP contribution < -0.4 is 11.1 Å². The number of nitrogens with one attached hydrogen (secondary N) is 1. The number of aliphatic hydroxyl groups is 1. The Balaban J connectivity index is 1.64. The normalized spacial score (nSPS) is 28.6. The highest BCUT2D eigenvalue weighted by atomic mass is 32.2. The predicted octanol–water partition coefficient (Wildman–Crippen LogP) is 2.38. The summed E-state index contributed by atoms with van der Waals surface area (Å²) in [6.07, 6.45) is -4.80. The third-order valence-electron chi connectivity index (χ3n) is 6.34. The van der Waals surface area contributed by atoms with E-state index in [1.165, 1.54) is 12.1 Å². The standard InChI is InChI=1S/C27H37N3O7S/c1-18(2)15-30(38(33,34)21-10-8-20(28)9-11-21)16-24(31)23(14-19-6-4-3-5-7-19)29-27(32)37-25-17-36-26-22(25)12-13-35-26/h3-11,18,22-26,31H,12-17,28H2,1-2H3,(H,29,32)/t22-,23-,24+,25-,26+/m0/s1/i1D3,2D3,13D2,18D. The monoisotopic (exact) mass is 556 g/mol. The highest BCUT2D eigenvalue weighted by Gasteiger charge is 2.44. The second-order valence-electron chi connectivity index (χ2n) is 9.13. The minimum absolute atomic E-state index is 0.0731. The van der Waals surface area contributed by atoms with Gasteiger partial charge in [0, 0.05) is 28.4 Å². The number of anilines is 1. The molecule has 2 aliphatic heterocycles. The van der Waals surface area contributed by atoms with E-state index in [-0.39, 0.29) is 25.1 Å². The van der Waals surface area contributed by atoms with E-state index in [1.807, 2.05) is 0 Å². The average molecular weight is 557 g/mol. The van der Waals surface area contributed by atoms with Gasteiger partial charge < -0.3 is 30.4 Å². The van der Waals surface area contributed by atoms with Gasteiger partial charge in [-0.25, -0.2) is 13.2 Å². The Morgan fingerprint density at radius 2 is 1.97 bits per heavy atom. The molecule has 2 aromatic rings. The Kier molecular flexibility index (Phi) is 6.08. The Morgan fingerprint density at radius 1 is 1.24 bits per heavy atom. The molecule has 4 rings (SSSR count). The molecular weight excluding hydrogens is 510 g/mol. The van der Waals surface area contributed by atoms with Crippen molar-refractivity contribution in [2.24, 2.45) is 11.8 Å². The van der Waals surface area contributed by atoms with Crippen LogP contribution in [-0.2, 0) is 30.7 Å². The van der Waals surface area contributed by atoms with Gasteiger partial charge in [-0.15, -0.1) is 0 Å². The summed E-state index contributed by atoms with van der Waals surface area (Å²) in [6, 6.07) is 12.0. The average Bonchev–Trinajstić information content (AvgIpc) is 3.46. The van der Waals surface area contributed by atoms with Gasteiger partial charge in [0.05, 0.1) is 38.9 Å². The maximum Gasteiger partial charge on any atom is 0.407 e. The number of nitrogens with zero attached hydrogens (tertiary/aromatic N) is 1. The first-order valence-electron chi connectivity index (χ1n) is 16.5. The van der Waals surface area contributed by atoms with E-state index >= 15 is 0 Å². The third kappa shape index (κ3) is 7.03. The molecular formula is C27H37N3O7S. The molecule has 0 unspecified atom stereocenters. The summed E-state index contributed by atoms with van der Waals surface area (Å²) in [7, 11) is -4.75. The SMILES string of the molecule is [2H]C1([2H])C[C@@H]2[C@@H](OC[C@@H]2OC(=O)N[C@@H](Cc2ccccc2)[C@H](O)CN(CC([2H])(C([2H])([2H])[2H])C([2H])([2H])[2H])S(=O)(=O)c2ccc(N)cc2)O1. The topological polar surface area (TPSA) is 140 Å². The molecule has 38 heavy (non-hydrogen) atoms. The molecule has 5 atom stereocenters. The second-order valence-corrected chi connectivity index (χ2v) is 11.1. The number of benzene rings is 2. The highest BCUT2D eigenvalue weighted by molar-refractivity contribution is 7.89. The van der Waals surface area contributed by atoms with Gasteiger partial charge in [0.1, 0.15) is 6.10 Å². The molecule has 0 saturated carbocycles. The molecule has 0 spiro atoms. The van der Waals surface area contributed by atoms with Crippen molar-refractivity contribution in [1.82, 2.24) is 9.62 Å². The maximum atomic E-state index is 13.9. The van der Waals surface area contributed by atoms with Crippen LogP contribution in [0.2, 0.25) is 0 Å². The predicted molar refractivity (Wildman–Crippen MR) is 142 cm³/mol. The molecule has 11 heteroatoms. The molecule has 2 saturated heterocycles. The summed E-state index contributed by atoms with van der Waals surface area (Å²) < 4.78 is 115. The van der Waals surface area contributed by atoms with Gasteiger partial charge in [-0.1, -0.05) is 44.0 Å². The van der Waals surface area contributed by atoms with Crippen LogP contribution in [0, 0.1) is 11.8 Å². The highest BCUT2D eigenvalue weighted by Crippen LogP contribution is 2.33. The molecule has 2 aliphatic rings. The van der Waals surface area contributed by atoms with Crippen molar-refractivity contribution in [3.8, 4) is 0 Å². The Morgan fingerprint density at radius 3 is 2.68 bits per heavy atom. The van der Waals surface area contributed by atoms with Crippen LogP contribution in [0.1, 0.15) is 38.0 Å². The largest absolute Gasteiger partial charge is 0.443 e. The van der Waals surface area contributed by atoms with Gasteiger partial charge in [-0.2, -0.15) is 4.31 Å². The van der Waals surface area contributed by atoms with Gasteiger partial charge in [-0.3, -0.25) is 0 Å². The van der Waals surface area contributed by atoms with Crippen LogP contribution in [0.3, 0.4) is 0 Å². The molecule has 4 N–H and O–H groups in total. The summed E-state index contributed by atoms with van der Waals surface area (Å²) in [4.78, 5) is 12.7. The third-order valence-corrected chi connectivity index (χ3v) is 8.16. The van der Waals surface area contributed by atoms with Gasteiger partial charge >= 0.3 is 6.09 Å². The van der Waals surface area contributed by atoms with Crippen molar-refractivity contribution >= 4 is 21.8 Å². The summed E-state index contributed by atoms with van der Waals surface area (Å²) >= 11 is 0. The zero-order chi connectivity index (χ0) is 35.0. The number of alkyl carbamates (subject to hydrolysis) is 1. The van der Waals surface area contributed by atoms with Crippen LogP contribution in [0.4, 0.5) is 10.5 Å². The van der Waals surface area contributed by atoms with E-state index in [4.69, 9.17) is 32.3 Å². The maximum absolute atomic E-state index is 13.9. The molecule has 2 heterocycles. The molecule has 2 aromatic carbocycles. The van der Waals surface area contributed by atoms with Crippen LogP contribution in [0.25, 0.3) is 0 Å². The lowest BCUT2D eigenvalue weighted by Crippen LogP contribution is -2.51. The summed E-state index contributed by atoms with van der Waals surface area (Å²) in [6.45, 7) is -11.3. The van der Waals surface area contributed by atoms with E-state index in [0.29, 0.717) is 9.87 Å². The molecule has 208 valence electrons. The Bertz CT molecular complexity index is 1480. The zero-order valence-corrected chi connectivity index (χ0v) is 21.3. The van der Waals surface area contributed by atoms with Crippen LogP contribution >= 0.6 is 0 Å². The summed E-state index contributed by atoms with van der Waals surface area (Å²) in [5, 5.41) is 14.0. The van der Waals surface area contributed by atoms with Gasteiger partial charge in [-0.05, 0) is 48.6 Å². The second kappa shape index (κ2) is 12.4. The number of nitrogens with two attached hydrogens (primary N) is 1. The van der Waals surface area contributed by atoms with Crippen LogP contribution in [0.5, 0.6) is 0 Å². The van der Waals surface area contributed by atoms with E-state index in [9.17, 15) is 18.3 Å². The van der Waals surface area contributed by atoms with E-state index in [1.54, 1.807) is 30.3 Å². The lowest BCUT2D eigenvalue weighted by Gasteiger charge is -2.31. The molecule has 0 aromatic heterocycles. The molecule has 1 amide bonds. The summed E-state index contributed by atoms with van der Waals surface area (Å²) in [5.41, 5.74) is 6.50. The number of amides is 1. The smallest absolute Gasteiger partial charge is 0.407 e. The molecule has 0 radical (unpaired) electrons. The molecule has 2 fully saturated rings. The summed E-state index contributed by atoms with van der Waals surface area (Å²) in [5.74, 6) is -3.91. The minimum atomic E-state index is -4.75. The van der Waals surface area contributed by atoms with Crippen molar-refractivity contribution in [1.29, 1.82) is 0 Å². The van der Waals surface area contributed by atoms with Gasteiger partial charge in [0.2, 0.25) is 10.0 Å². The number of hydrogen-bond donors (Lipinski definition) is 3. The molecule has 10 nitrogen and oxygen atoms in total. The number of rotatable bonds is 11. The fourth-order valence-electron chi connectivity index (χ4n) is 4.33. The Labute approximate surface area is 236 Å². The number of hydrogen-bond acceptors (Lipinski definition) is 8. The van der Waals surface area contributed by atoms with Gasteiger partial charge in [0.25, 0.3) is 0 Å². The minimum Gasteiger partial charge on any atom is -0.443 e. The first-order chi connectivity index (χ1) is 21.6.